The largest absolute Gasteiger partial charge is 0.481 e. The van der Waals surface area contributed by atoms with Gasteiger partial charge in [-0.15, -0.1) is 0 Å². The Hall–Kier alpha value is -2.07. The molecule has 1 aliphatic heterocycles. The van der Waals surface area contributed by atoms with Crippen molar-refractivity contribution in [2.45, 2.75) is 25.9 Å². The summed E-state index contributed by atoms with van der Waals surface area (Å²) in [4.78, 5) is 4.22. The van der Waals surface area contributed by atoms with Crippen molar-refractivity contribution < 1.29 is 4.74 Å². The molecule has 4 nitrogen and oxygen atoms in total. The third-order valence-electron chi connectivity index (χ3n) is 3.84. The Morgan fingerprint density at radius 3 is 2.95 bits per heavy atom. The number of para-hydroxylation sites is 1. The molecular weight excluding hydrogens is 262 g/mol. The zero-order valence-corrected chi connectivity index (χ0v) is 12.4. The predicted molar refractivity (Wildman–Crippen MR) is 84.6 cm³/mol. The summed E-state index contributed by atoms with van der Waals surface area (Å²) in [5, 5.41) is 7.01. The van der Waals surface area contributed by atoms with Gasteiger partial charge in [0.15, 0.2) is 0 Å². The molecule has 0 unspecified atom stereocenters. The Labute approximate surface area is 125 Å². The van der Waals surface area contributed by atoms with Gasteiger partial charge in [-0.1, -0.05) is 24.3 Å². The number of methoxy groups -OCH3 is 1. The normalized spacial score (nSPS) is 13.4. The fraction of sp³-hybridized carbons (Fsp3) is 0.353. The number of anilines is 1. The van der Waals surface area contributed by atoms with Gasteiger partial charge >= 0.3 is 0 Å². The molecule has 0 atom stereocenters. The standard InChI is InChI=1S/C17H21N3O/c1-21-17-15(8-4-10-20-17)12-18-11-14-6-2-5-13-7-3-9-19-16(13)14/h2,4-6,8,10,18-19H,3,7,9,11-12H2,1H3. The molecule has 0 amide bonds. The molecule has 0 radical (unpaired) electrons. The zero-order valence-electron chi connectivity index (χ0n) is 12.4. The molecular formula is C17H21N3O. The van der Waals surface area contributed by atoms with E-state index >= 15 is 0 Å². The maximum atomic E-state index is 5.28. The van der Waals surface area contributed by atoms with E-state index in [1.54, 1.807) is 13.3 Å². The van der Waals surface area contributed by atoms with E-state index in [0.29, 0.717) is 5.88 Å². The van der Waals surface area contributed by atoms with Crippen LogP contribution in [0.4, 0.5) is 5.69 Å². The molecule has 4 heteroatoms. The molecule has 0 spiro atoms. The van der Waals surface area contributed by atoms with Crippen molar-refractivity contribution in [2.24, 2.45) is 0 Å². The Bertz CT molecular complexity index is 613. The van der Waals surface area contributed by atoms with Crippen LogP contribution in [0.15, 0.2) is 36.5 Å². The highest BCUT2D eigenvalue weighted by Crippen LogP contribution is 2.26. The first-order valence-corrected chi connectivity index (χ1v) is 7.41. The molecule has 0 aliphatic carbocycles. The van der Waals surface area contributed by atoms with Gasteiger partial charge in [0.2, 0.25) is 5.88 Å². The molecule has 0 bridgehead atoms. The molecule has 1 aliphatic rings. The number of aryl methyl sites for hydroxylation is 1. The predicted octanol–water partition coefficient (Wildman–Crippen LogP) is 2.74. The summed E-state index contributed by atoms with van der Waals surface area (Å²) in [5.74, 6) is 0.693. The van der Waals surface area contributed by atoms with Crippen LogP contribution >= 0.6 is 0 Å². The van der Waals surface area contributed by atoms with Crippen LogP contribution in [0.25, 0.3) is 0 Å². The average Bonchev–Trinajstić information content (AvgIpc) is 2.55. The Morgan fingerprint density at radius 2 is 2.05 bits per heavy atom. The van der Waals surface area contributed by atoms with E-state index in [4.69, 9.17) is 4.74 Å². The lowest BCUT2D eigenvalue weighted by molar-refractivity contribution is 0.390. The van der Waals surface area contributed by atoms with E-state index in [2.05, 4.69) is 33.8 Å². The lowest BCUT2D eigenvalue weighted by atomic mass is 9.99. The van der Waals surface area contributed by atoms with Crippen LogP contribution in [-0.2, 0) is 19.5 Å². The molecule has 2 N–H and O–H groups in total. The van der Waals surface area contributed by atoms with E-state index in [0.717, 1.165) is 25.2 Å². The maximum absolute atomic E-state index is 5.28. The minimum absolute atomic E-state index is 0.693. The average molecular weight is 283 g/mol. The van der Waals surface area contributed by atoms with E-state index in [1.807, 2.05) is 12.1 Å². The third-order valence-corrected chi connectivity index (χ3v) is 3.84. The van der Waals surface area contributed by atoms with E-state index in [1.165, 1.54) is 29.7 Å². The van der Waals surface area contributed by atoms with Crippen molar-refractivity contribution >= 4 is 5.69 Å². The molecule has 1 aromatic heterocycles. The second-order valence-corrected chi connectivity index (χ2v) is 5.26. The van der Waals surface area contributed by atoms with Crippen molar-refractivity contribution in [3.63, 3.8) is 0 Å². The van der Waals surface area contributed by atoms with Gasteiger partial charge in [0.25, 0.3) is 0 Å². The van der Waals surface area contributed by atoms with Crippen molar-refractivity contribution in [1.82, 2.24) is 10.3 Å². The number of nitrogens with zero attached hydrogens (tertiary/aromatic N) is 1. The number of hydrogen-bond donors (Lipinski definition) is 2. The van der Waals surface area contributed by atoms with Crippen LogP contribution in [0.2, 0.25) is 0 Å². The van der Waals surface area contributed by atoms with Crippen molar-refractivity contribution in [3.05, 3.63) is 53.2 Å². The monoisotopic (exact) mass is 283 g/mol. The zero-order chi connectivity index (χ0) is 14.5. The fourth-order valence-electron chi connectivity index (χ4n) is 2.80. The smallest absolute Gasteiger partial charge is 0.217 e. The van der Waals surface area contributed by atoms with E-state index in [9.17, 15) is 0 Å². The first kappa shape index (κ1) is 13.9. The highest BCUT2D eigenvalue weighted by molar-refractivity contribution is 5.59. The van der Waals surface area contributed by atoms with E-state index in [-0.39, 0.29) is 0 Å². The van der Waals surface area contributed by atoms with Crippen molar-refractivity contribution in [2.75, 3.05) is 19.0 Å². The van der Waals surface area contributed by atoms with Crippen LogP contribution in [-0.4, -0.2) is 18.6 Å². The van der Waals surface area contributed by atoms with Gasteiger partial charge in [-0.3, -0.25) is 0 Å². The minimum atomic E-state index is 0.693. The van der Waals surface area contributed by atoms with Gasteiger partial charge in [-0.25, -0.2) is 4.98 Å². The summed E-state index contributed by atoms with van der Waals surface area (Å²) in [5.41, 5.74) is 5.15. The van der Waals surface area contributed by atoms with Gasteiger partial charge in [-0.2, -0.15) is 0 Å². The molecule has 0 saturated carbocycles. The number of hydrogen-bond acceptors (Lipinski definition) is 4. The molecule has 3 rings (SSSR count). The summed E-state index contributed by atoms with van der Waals surface area (Å²) in [6, 6.07) is 10.5. The highest BCUT2D eigenvalue weighted by Gasteiger charge is 2.12. The molecule has 1 aromatic carbocycles. The van der Waals surface area contributed by atoms with Crippen LogP contribution in [0, 0.1) is 0 Å². The van der Waals surface area contributed by atoms with Gasteiger partial charge in [0.1, 0.15) is 0 Å². The number of aromatic nitrogens is 1. The second kappa shape index (κ2) is 6.59. The van der Waals surface area contributed by atoms with Crippen molar-refractivity contribution in [1.29, 1.82) is 0 Å². The second-order valence-electron chi connectivity index (χ2n) is 5.26. The summed E-state index contributed by atoms with van der Waals surface area (Å²) in [7, 11) is 1.66. The number of fused-ring (bicyclic) bond motifs is 1. The van der Waals surface area contributed by atoms with Gasteiger partial charge < -0.3 is 15.4 Å². The van der Waals surface area contributed by atoms with Crippen LogP contribution in [0.1, 0.15) is 23.1 Å². The minimum Gasteiger partial charge on any atom is -0.481 e. The van der Waals surface area contributed by atoms with Crippen LogP contribution < -0.4 is 15.4 Å². The van der Waals surface area contributed by atoms with Gasteiger partial charge in [0, 0.05) is 37.1 Å². The lowest BCUT2D eigenvalue weighted by Gasteiger charge is -2.21. The molecule has 0 fully saturated rings. The Balaban J connectivity index is 1.66. The lowest BCUT2D eigenvalue weighted by Crippen LogP contribution is -2.18. The molecule has 2 aromatic rings. The summed E-state index contributed by atoms with van der Waals surface area (Å²) in [6.45, 7) is 2.66. The summed E-state index contributed by atoms with van der Waals surface area (Å²) in [6.07, 6.45) is 4.14. The quantitative estimate of drug-likeness (QED) is 0.885. The highest BCUT2D eigenvalue weighted by atomic mass is 16.5. The molecule has 0 saturated heterocycles. The first-order valence-electron chi connectivity index (χ1n) is 7.41. The van der Waals surface area contributed by atoms with Gasteiger partial charge in [-0.05, 0) is 30.0 Å². The topological polar surface area (TPSA) is 46.2 Å². The number of rotatable bonds is 5. The first-order chi connectivity index (χ1) is 10.4. The number of pyridine rings is 1. The molecule has 21 heavy (non-hydrogen) atoms. The Morgan fingerprint density at radius 1 is 1.19 bits per heavy atom. The number of ether oxygens (including phenoxy) is 1. The molecule has 110 valence electrons. The van der Waals surface area contributed by atoms with Crippen LogP contribution in [0.3, 0.4) is 0 Å². The summed E-state index contributed by atoms with van der Waals surface area (Å²) < 4.78 is 5.28. The maximum Gasteiger partial charge on any atom is 0.217 e. The Kier molecular flexibility index (Phi) is 4.36. The molecule has 2 heterocycles. The van der Waals surface area contributed by atoms with Gasteiger partial charge in [0.05, 0.1) is 7.11 Å². The number of benzene rings is 1. The van der Waals surface area contributed by atoms with Crippen LogP contribution in [0.5, 0.6) is 5.88 Å². The fourth-order valence-corrected chi connectivity index (χ4v) is 2.80. The number of nitrogens with one attached hydrogen (secondary N) is 2. The third kappa shape index (κ3) is 3.16. The summed E-state index contributed by atoms with van der Waals surface area (Å²) >= 11 is 0. The SMILES string of the molecule is COc1ncccc1CNCc1cccc2c1NCCC2. The van der Waals surface area contributed by atoms with E-state index < -0.39 is 0 Å². The van der Waals surface area contributed by atoms with Crippen molar-refractivity contribution in [3.8, 4) is 5.88 Å².